The summed E-state index contributed by atoms with van der Waals surface area (Å²) in [5.74, 6) is 0. The first-order valence-electron chi connectivity index (χ1n) is 6.65. The van der Waals surface area contributed by atoms with Crippen LogP contribution in [0, 0.1) is 0 Å². The molecule has 17 heavy (non-hydrogen) atoms. The molecular weight excluding hydrogens is 230 g/mol. The van der Waals surface area contributed by atoms with E-state index in [2.05, 4.69) is 38.2 Å². The van der Waals surface area contributed by atoms with E-state index in [1.807, 2.05) is 12.1 Å². The number of hydrogen-bond donors (Lipinski definition) is 1. The standard InChI is InChI=1S/C15H24ClN/c1-4-5-6-7-12(2)17-13(3)14-8-10-15(16)11-9-14/h8-13,17H,4-7H2,1-3H3/t12?,13-/m1/s1. The molecule has 0 saturated heterocycles. The summed E-state index contributed by atoms with van der Waals surface area (Å²) in [5, 5.41) is 4.43. The van der Waals surface area contributed by atoms with E-state index in [0.29, 0.717) is 12.1 Å². The average molecular weight is 254 g/mol. The van der Waals surface area contributed by atoms with E-state index in [1.165, 1.54) is 31.2 Å². The van der Waals surface area contributed by atoms with Gasteiger partial charge in [-0.25, -0.2) is 0 Å². The fourth-order valence-electron chi connectivity index (χ4n) is 2.06. The molecule has 0 aliphatic heterocycles. The Hall–Kier alpha value is -0.530. The Balaban J connectivity index is 2.37. The Morgan fingerprint density at radius 1 is 1.12 bits per heavy atom. The molecule has 2 atom stereocenters. The summed E-state index contributed by atoms with van der Waals surface area (Å²) < 4.78 is 0. The third-order valence-corrected chi connectivity index (χ3v) is 3.40. The number of unbranched alkanes of at least 4 members (excludes halogenated alkanes) is 2. The highest BCUT2D eigenvalue weighted by Gasteiger charge is 2.08. The highest BCUT2D eigenvalue weighted by Crippen LogP contribution is 2.17. The second-order valence-corrected chi connectivity index (χ2v) is 5.27. The van der Waals surface area contributed by atoms with Gasteiger partial charge < -0.3 is 5.32 Å². The van der Waals surface area contributed by atoms with Crippen LogP contribution >= 0.6 is 11.6 Å². The zero-order valence-electron chi connectivity index (χ0n) is 11.2. The summed E-state index contributed by atoms with van der Waals surface area (Å²) in [7, 11) is 0. The van der Waals surface area contributed by atoms with Crippen LogP contribution in [-0.4, -0.2) is 6.04 Å². The lowest BCUT2D eigenvalue weighted by Gasteiger charge is -2.20. The van der Waals surface area contributed by atoms with Gasteiger partial charge in [-0.05, 0) is 38.0 Å². The SMILES string of the molecule is CCCCCC(C)N[C@H](C)c1ccc(Cl)cc1. The van der Waals surface area contributed by atoms with Crippen molar-refractivity contribution in [2.45, 2.75) is 58.5 Å². The van der Waals surface area contributed by atoms with Gasteiger partial charge in [0.25, 0.3) is 0 Å². The minimum atomic E-state index is 0.392. The van der Waals surface area contributed by atoms with E-state index in [1.54, 1.807) is 0 Å². The Morgan fingerprint density at radius 3 is 2.35 bits per heavy atom. The summed E-state index contributed by atoms with van der Waals surface area (Å²) in [5.41, 5.74) is 1.30. The topological polar surface area (TPSA) is 12.0 Å². The van der Waals surface area contributed by atoms with E-state index in [0.717, 1.165) is 5.02 Å². The van der Waals surface area contributed by atoms with Crippen molar-refractivity contribution in [2.24, 2.45) is 0 Å². The lowest BCUT2D eigenvalue weighted by molar-refractivity contribution is 0.440. The van der Waals surface area contributed by atoms with Crippen LogP contribution in [0.5, 0.6) is 0 Å². The molecule has 1 nitrogen and oxygen atoms in total. The first kappa shape index (κ1) is 14.5. The fraction of sp³-hybridized carbons (Fsp3) is 0.600. The van der Waals surface area contributed by atoms with Gasteiger partial charge in [0.2, 0.25) is 0 Å². The van der Waals surface area contributed by atoms with Gasteiger partial charge in [-0.1, -0.05) is 49.9 Å². The molecule has 1 aromatic carbocycles. The van der Waals surface area contributed by atoms with Crippen LogP contribution < -0.4 is 5.32 Å². The van der Waals surface area contributed by atoms with Crippen molar-refractivity contribution in [2.75, 3.05) is 0 Å². The minimum Gasteiger partial charge on any atom is -0.308 e. The van der Waals surface area contributed by atoms with Crippen molar-refractivity contribution >= 4 is 11.6 Å². The molecule has 1 N–H and O–H groups in total. The van der Waals surface area contributed by atoms with Crippen LogP contribution in [-0.2, 0) is 0 Å². The molecule has 0 spiro atoms. The van der Waals surface area contributed by atoms with Gasteiger partial charge in [0.1, 0.15) is 0 Å². The molecule has 96 valence electrons. The Labute approximate surface area is 111 Å². The predicted octanol–water partition coefficient (Wildman–Crippen LogP) is 4.96. The van der Waals surface area contributed by atoms with E-state index in [9.17, 15) is 0 Å². The van der Waals surface area contributed by atoms with Crippen molar-refractivity contribution in [3.05, 3.63) is 34.9 Å². The maximum Gasteiger partial charge on any atom is 0.0406 e. The van der Waals surface area contributed by atoms with Crippen molar-refractivity contribution in [3.8, 4) is 0 Å². The van der Waals surface area contributed by atoms with E-state index in [4.69, 9.17) is 11.6 Å². The van der Waals surface area contributed by atoms with Gasteiger partial charge >= 0.3 is 0 Å². The first-order valence-corrected chi connectivity index (χ1v) is 7.02. The summed E-state index contributed by atoms with van der Waals surface area (Å²) in [6, 6.07) is 9.07. The maximum atomic E-state index is 5.89. The average Bonchev–Trinajstić information content (AvgIpc) is 2.30. The van der Waals surface area contributed by atoms with Crippen LogP contribution in [0.25, 0.3) is 0 Å². The summed E-state index contributed by atoms with van der Waals surface area (Å²) >= 11 is 5.89. The van der Waals surface area contributed by atoms with Crippen molar-refractivity contribution < 1.29 is 0 Å². The highest BCUT2D eigenvalue weighted by atomic mass is 35.5. The number of benzene rings is 1. The molecule has 0 bridgehead atoms. The molecule has 1 aromatic rings. The Bertz CT molecular complexity index is 307. The van der Waals surface area contributed by atoms with Gasteiger partial charge in [0.15, 0.2) is 0 Å². The molecule has 0 radical (unpaired) electrons. The second-order valence-electron chi connectivity index (χ2n) is 4.84. The number of halogens is 1. The molecule has 2 heteroatoms. The molecule has 0 saturated carbocycles. The molecule has 0 amide bonds. The molecule has 0 aromatic heterocycles. The molecule has 1 unspecified atom stereocenters. The zero-order valence-corrected chi connectivity index (χ0v) is 11.9. The van der Waals surface area contributed by atoms with Crippen molar-refractivity contribution in [1.29, 1.82) is 0 Å². The summed E-state index contributed by atoms with van der Waals surface area (Å²) in [6.07, 6.45) is 5.20. The third-order valence-electron chi connectivity index (χ3n) is 3.15. The minimum absolute atomic E-state index is 0.392. The Morgan fingerprint density at radius 2 is 1.76 bits per heavy atom. The molecule has 0 heterocycles. The first-order chi connectivity index (χ1) is 8.13. The number of rotatable bonds is 7. The fourth-order valence-corrected chi connectivity index (χ4v) is 2.18. The quantitative estimate of drug-likeness (QED) is 0.678. The van der Waals surface area contributed by atoms with Crippen LogP contribution in [0.15, 0.2) is 24.3 Å². The van der Waals surface area contributed by atoms with Gasteiger partial charge in [0, 0.05) is 17.1 Å². The second kappa shape index (κ2) is 7.73. The van der Waals surface area contributed by atoms with E-state index < -0.39 is 0 Å². The lowest BCUT2D eigenvalue weighted by Crippen LogP contribution is -2.28. The van der Waals surface area contributed by atoms with Gasteiger partial charge in [-0.2, -0.15) is 0 Å². The van der Waals surface area contributed by atoms with Gasteiger partial charge in [0.05, 0.1) is 0 Å². The maximum absolute atomic E-state index is 5.89. The highest BCUT2D eigenvalue weighted by molar-refractivity contribution is 6.30. The molecule has 0 fully saturated rings. The van der Waals surface area contributed by atoms with Crippen molar-refractivity contribution in [1.82, 2.24) is 5.32 Å². The van der Waals surface area contributed by atoms with Crippen molar-refractivity contribution in [3.63, 3.8) is 0 Å². The largest absolute Gasteiger partial charge is 0.308 e. The summed E-state index contributed by atoms with van der Waals surface area (Å²) in [4.78, 5) is 0. The van der Waals surface area contributed by atoms with Gasteiger partial charge in [-0.15, -0.1) is 0 Å². The molecule has 1 rings (SSSR count). The van der Waals surface area contributed by atoms with Crippen LogP contribution in [0.3, 0.4) is 0 Å². The van der Waals surface area contributed by atoms with Crippen LogP contribution in [0.1, 0.15) is 58.1 Å². The Kier molecular flexibility index (Phi) is 6.61. The third kappa shape index (κ3) is 5.56. The monoisotopic (exact) mass is 253 g/mol. The smallest absolute Gasteiger partial charge is 0.0406 e. The van der Waals surface area contributed by atoms with Gasteiger partial charge in [-0.3, -0.25) is 0 Å². The normalized spacial score (nSPS) is 14.6. The predicted molar refractivity (Wildman–Crippen MR) is 76.6 cm³/mol. The zero-order chi connectivity index (χ0) is 12.7. The van der Waals surface area contributed by atoms with E-state index in [-0.39, 0.29) is 0 Å². The summed E-state index contributed by atoms with van der Waals surface area (Å²) in [6.45, 7) is 6.72. The number of hydrogen-bond acceptors (Lipinski definition) is 1. The molecule has 0 aliphatic rings. The molecular formula is C15H24ClN. The molecule has 0 aliphatic carbocycles. The number of nitrogens with one attached hydrogen (secondary N) is 1. The van der Waals surface area contributed by atoms with E-state index >= 15 is 0 Å². The van der Waals surface area contributed by atoms with Crippen LogP contribution in [0.4, 0.5) is 0 Å². The lowest BCUT2D eigenvalue weighted by atomic mass is 10.1. The van der Waals surface area contributed by atoms with Crippen LogP contribution in [0.2, 0.25) is 5.02 Å².